The Morgan fingerprint density at radius 3 is 2.10 bits per heavy atom. The molecular formula is C32H25N5O3. The summed E-state index contributed by atoms with van der Waals surface area (Å²) in [5.74, 6) is -0.0421. The highest BCUT2D eigenvalue weighted by Crippen LogP contribution is 2.63. The first-order chi connectivity index (χ1) is 19.4. The molecule has 5 aromatic rings. The monoisotopic (exact) mass is 527 g/mol. The summed E-state index contributed by atoms with van der Waals surface area (Å²) in [4.78, 5) is 31.3. The van der Waals surface area contributed by atoms with E-state index in [0.717, 1.165) is 27.8 Å². The standard InChI is InChI=1S/C32H25N5O3/c1-31(19-32(37(39)40)25-17-9-7-15-23(25)27(31)24-16-8-10-18-26(24)32)29(38)34-30-33-28(35-36-30)22-14-6-5-13-21(22)20-11-3-2-4-12-20/h2-18,27H,19H2,1H3,(H2,33,34,35,36,38). The molecule has 0 saturated heterocycles. The van der Waals surface area contributed by atoms with Crippen molar-refractivity contribution in [3.05, 3.63) is 135 Å². The van der Waals surface area contributed by atoms with Crippen LogP contribution >= 0.6 is 0 Å². The first-order valence-corrected chi connectivity index (χ1v) is 13.2. The minimum Gasteiger partial charge on any atom is -0.294 e. The number of nitrogens with zero attached hydrogens (tertiary/aromatic N) is 3. The SMILES string of the molecule is CC1(C(=O)Nc2nc(-c3ccccc3-c3ccccc3)n[nH]2)CC2([N+](=O)[O-])c3ccccc3C1c1ccccc12. The zero-order valence-corrected chi connectivity index (χ0v) is 21.7. The van der Waals surface area contributed by atoms with E-state index in [2.05, 4.69) is 20.5 Å². The van der Waals surface area contributed by atoms with Crippen molar-refractivity contribution in [1.82, 2.24) is 15.2 Å². The van der Waals surface area contributed by atoms with Gasteiger partial charge in [0, 0.05) is 34.0 Å². The number of nitrogens with one attached hydrogen (secondary N) is 2. The highest BCUT2D eigenvalue weighted by atomic mass is 16.6. The van der Waals surface area contributed by atoms with Crippen LogP contribution in [0.1, 0.15) is 41.5 Å². The molecule has 3 aliphatic carbocycles. The van der Waals surface area contributed by atoms with Crippen LogP contribution in [0.3, 0.4) is 0 Å². The number of benzene rings is 4. The highest BCUT2D eigenvalue weighted by molar-refractivity contribution is 5.96. The number of hydrogen-bond acceptors (Lipinski definition) is 5. The number of nitro groups is 1. The van der Waals surface area contributed by atoms with Crippen LogP contribution < -0.4 is 5.32 Å². The molecule has 196 valence electrons. The summed E-state index contributed by atoms with van der Waals surface area (Å²) >= 11 is 0. The summed E-state index contributed by atoms with van der Waals surface area (Å²) in [7, 11) is 0. The van der Waals surface area contributed by atoms with Gasteiger partial charge in [-0.2, -0.15) is 10.1 Å². The number of hydrogen-bond donors (Lipinski definition) is 2. The van der Waals surface area contributed by atoms with Crippen LogP contribution in [-0.4, -0.2) is 26.0 Å². The molecule has 4 aromatic carbocycles. The minimum atomic E-state index is -1.52. The smallest absolute Gasteiger partial charge is 0.273 e. The predicted octanol–water partition coefficient (Wildman–Crippen LogP) is 6.15. The number of anilines is 1. The number of fused-ring (bicyclic) bond motifs is 1. The van der Waals surface area contributed by atoms with Gasteiger partial charge in [-0.1, -0.05) is 103 Å². The molecule has 0 fully saturated rings. The molecule has 3 aliphatic rings. The van der Waals surface area contributed by atoms with Gasteiger partial charge in [0.15, 0.2) is 5.82 Å². The molecule has 1 amide bonds. The summed E-state index contributed by atoms with van der Waals surface area (Å²) in [6.07, 6.45) is 0.0371. The van der Waals surface area contributed by atoms with Gasteiger partial charge in [-0.05, 0) is 29.2 Å². The maximum absolute atomic E-state index is 14.1. The molecule has 2 bridgehead atoms. The first-order valence-electron chi connectivity index (χ1n) is 13.2. The molecule has 0 saturated carbocycles. The zero-order valence-electron chi connectivity index (χ0n) is 21.7. The van der Waals surface area contributed by atoms with Crippen molar-refractivity contribution in [2.75, 3.05) is 5.32 Å². The summed E-state index contributed by atoms with van der Waals surface area (Å²) in [5.41, 5.74) is 3.15. The second kappa shape index (κ2) is 8.71. The maximum atomic E-state index is 14.1. The third-order valence-corrected chi connectivity index (χ3v) is 8.50. The van der Waals surface area contributed by atoms with Gasteiger partial charge in [-0.25, -0.2) is 5.10 Å². The lowest BCUT2D eigenvalue weighted by Crippen LogP contribution is -2.57. The molecule has 0 radical (unpaired) electrons. The summed E-state index contributed by atoms with van der Waals surface area (Å²) in [6, 6.07) is 32.7. The van der Waals surface area contributed by atoms with E-state index in [1.54, 1.807) is 0 Å². The fraction of sp³-hybridized carbons (Fsp3) is 0.156. The summed E-state index contributed by atoms with van der Waals surface area (Å²) < 4.78 is 0. The van der Waals surface area contributed by atoms with Crippen LogP contribution in [0, 0.1) is 15.5 Å². The first kappa shape index (κ1) is 24.0. The average Bonchev–Trinajstić information content (AvgIpc) is 3.46. The number of aromatic amines is 1. The van der Waals surface area contributed by atoms with E-state index in [0.29, 0.717) is 17.0 Å². The Morgan fingerprint density at radius 2 is 1.45 bits per heavy atom. The quantitative estimate of drug-likeness (QED) is 0.210. The Kier molecular flexibility index (Phi) is 5.22. The van der Waals surface area contributed by atoms with Gasteiger partial charge in [0.2, 0.25) is 11.9 Å². The molecule has 40 heavy (non-hydrogen) atoms. The number of aromatic nitrogens is 3. The second-order valence-electron chi connectivity index (χ2n) is 10.7. The molecule has 2 N–H and O–H groups in total. The normalized spacial score (nSPS) is 22.3. The van der Waals surface area contributed by atoms with Gasteiger partial charge in [-0.15, -0.1) is 0 Å². The van der Waals surface area contributed by atoms with Gasteiger partial charge in [0.25, 0.3) is 5.54 Å². The van der Waals surface area contributed by atoms with Crippen molar-refractivity contribution in [3.63, 3.8) is 0 Å². The largest absolute Gasteiger partial charge is 0.294 e. The van der Waals surface area contributed by atoms with Crippen LogP contribution in [-0.2, 0) is 10.3 Å². The lowest BCUT2D eigenvalue weighted by Gasteiger charge is -2.52. The Morgan fingerprint density at radius 1 is 0.875 bits per heavy atom. The summed E-state index contributed by atoms with van der Waals surface area (Å²) in [6.45, 7) is 1.82. The van der Waals surface area contributed by atoms with Gasteiger partial charge in [0.1, 0.15) is 0 Å². The Bertz CT molecular complexity index is 1750. The summed E-state index contributed by atoms with van der Waals surface area (Å²) in [5, 5.41) is 23.0. The van der Waals surface area contributed by atoms with Crippen molar-refractivity contribution in [1.29, 1.82) is 0 Å². The van der Waals surface area contributed by atoms with Crippen molar-refractivity contribution >= 4 is 11.9 Å². The van der Waals surface area contributed by atoms with Crippen molar-refractivity contribution in [3.8, 4) is 22.5 Å². The number of carbonyl (C=O) groups is 1. The molecule has 1 unspecified atom stereocenters. The molecule has 1 aromatic heterocycles. The number of carbonyl (C=O) groups excluding carboxylic acids is 1. The molecule has 8 rings (SSSR count). The third kappa shape index (κ3) is 3.29. The van der Waals surface area contributed by atoms with E-state index in [9.17, 15) is 14.9 Å². The Labute approximate surface area is 230 Å². The molecular weight excluding hydrogens is 502 g/mol. The van der Waals surface area contributed by atoms with Crippen molar-refractivity contribution < 1.29 is 9.72 Å². The molecule has 1 atom stereocenters. The highest BCUT2D eigenvalue weighted by Gasteiger charge is 2.67. The van der Waals surface area contributed by atoms with Gasteiger partial charge in [0.05, 0.1) is 5.41 Å². The lowest BCUT2D eigenvalue weighted by molar-refractivity contribution is -0.573. The third-order valence-electron chi connectivity index (χ3n) is 8.50. The molecule has 0 aliphatic heterocycles. The number of amides is 1. The minimum absolute atomic E-state index is 0.0371. The topological polar surface area (TPSA) is 114 Å². The van der Waals surface area contributed by atoms with Gasteiger partial charge < -0.3 is 0 Å². The van der Waals surface area contributed by atoms with Crippen LogP contribution in [0.5, 0.6) is 0 Å². The molecule has 8 heteroatoms. The lowest BCUT2D eigenvalue weighted by atomic mass is 9.49. The molecule has 0 spiro atoms. The van der Waals surface area contributed by atoms with Crippen molar-refractivity contribution in [2.45, 2.75) is 24.8 Å². The van der Waals surface area contributed by atoms with E-state index in [1.165, 1.54) is 0 Å². The van der Waals surface area contributed by atoms with E-state index >= 15 is 0 Å². The predicted molar refractivity (Wildman–Crippen MR) is 151 cm³/mol. The fourth-order valence-corrected chi connectivity index (χ4v) is 6.78. The Hall–Kier alpha value is -5.11. The average molecular weight is 528 g/mol. The van der Waals surface area contributed by atoms with Crippen LogP contribution in [0.15, 0.2) is 103 Å². The maximum Gasteiger partial charge on any atom is 0.273 e. The van der Waals surface area contributed by atoms with E-state index in [-0.39, 0.29) is 29.1 Å². The van der Waals surface area contributed by atoms with E-state index in [4.69, 9.17) is 0 Å². The van der Waals surface area contributed by atoms with Crippen LogP contribution in [0.25, 0.3) is 22.5 Å². The number of rotatable bonds is 5. The van der Waals surface area contributed by atoms with E-state index in [1.807, 2.05) is 110 Å². The Balaban J connectivity index is 1.27. The van der Waals surface area contributed by atoms with Gasteiger partial charge in [-0.3, -0.25) is 20.2 Å². The number of H-pyrrole nitrogens is 1. The molecule has 1 heterocycles. The van der Waals surface area contributed by atoms with Gasteiger partial charge >= 0.3 is 0 Å². The zero-order chi connectivity index (χ0) is 27.5. The van der Waals surface area contributed by atoms with E-state index < -0.39 is 11.0 Å². The van der Waals surface area contributed by atoms with Crippen molar-refractivity contribution in [2.24, 2.45) is 5.41 Å². The fourth-order valence-electron chi connectivity index (χ4n) is 6.78. The van der Waals surface area contributed by atoms with Crippen LogP contribution in [0.4, 0.5) is 5.95 Å². The second-order valence-corrected chi connectivity index (χ2v) is 10.7. The molecule has 8 nitrogen and oxygen atoms in total. The van der Waals surface area contributed by atoms with Crippen LogP contribution in [0.2, 0.25) is 0 Å².